The average Bonchev–Trinajstić information content (AvgIpc) is 3.32. The number of alkyl halides is 2. The van der Waals surface area contributed by atoms with Crippen molar-refractivity contribution >= 4 is 52.0 Å². The molecule has 0 bridgehead atoms. The second-order valence-corrected chi connectivity index (χ2v) is 12.3. The molecule has 1 atom stereocenters. The number of hydrogen-bond donors (Lipinski definition) is 2. The standard InChI is InChI=1S/C28H35ClF2N4O4S/c1-17(2)14-34(15-18-4-3-5-18)22(13-32-28(38)23-8-9-24(29)40-23)27(37)33-21-7-6-19(12-20(21)26(30)31)35-10-11-39-16-25(35)36/h6-9,12,17-18,22,26H,3-5,10-11,13-16H2,1-2H3,(H,32,38)(H,33,37)/t22-/m0/s1. The Morgan fingerprint density at radius 3 is 2.60 bits per heavy atom. The molecule has 3 amide bonds. The highest BCUT2D eigenvalue weighted by molar-refractivity contribution is 7.18. The summed E-state index contributed by atoms with van der Waals surface area (Å²) in [6.45, 7) is 5.85. The summed E-state index contributed by atoms with van der Waals surface area (Å²) >= 11 is 7.12. The molecule has 40 heavy (non-hydrogen) atoms. The molecule has 1 aromatic heterocycles. The predicted molar refractivity (Wildman–Crippen MR) is 152 cm³/mol. The number of carbonyl (C=O) groups is 3. The summed E-state index contributed by atoms with van der Waals surface area (Å²) in [5, 5.41) is 5.55. The summed E-state index contributed by atoms with van der Waals surface area (Å²) in [7, 11) is 0. The Bertz CT molecular complexity index is 1210. The van der Waals surface area contributed by atoms with Crippen LogP contribution in [0, 0.1) is 11.8 Å². The van der Waals surface area contributed by atoms with Crippen molar-refractivity contribution < 1.29 is 27.9 Å². The van der Waals surface area contributed by atoms with E-state index >= 15 is 0 Å². The van der Waals surface area contributed by atoms with Gasteiger partial charge >= 0.3 is 0 Å². The van der Waals surface area contributed by atoms with Crippen LogP contribution >= 0.6 is 22.9 Å². The van der Waals surface area contributed by atoms with Gasteiger partial charge in [-0.05, 0) is 55.0 Å². The number of halogens is 3. The maximum Gasteiger partial charge on any atom is 0.265 e. The van der Waals surface area contributed by atoms with Crippen LogP contribution < -0.4 is 15.5 Å². The lowest BCUT2D eigenvalue weighted by Crippen LogP contribution is -2.53. The fraction of sp³-hybridized carbons (Fsp3) is 0.536. The van der Waals surface area contributed by atoms with Crippen LogP contribution in [-0.2, 0) is 14.3 Å². The summed E-state index contributed by atoms with van der Waals surface area (Å²) in [6.07, 6.45) is 0.401. The van der Waals surface area contributed by atoms with E-state index in [4.69, 9.17) is 16.3 Å². The minimum Gasteiger partial charge on any atom is -0.370 e. The molecule has 2 heterocycles. The highest BCUT2D eigenvalue weighted by Crippen LogP contribution is 2.33. The molecule has 4 rings (SSSR count). The quantitative estimate of drug-likeness (QED) is 0.352. The Labute approximate surface area is 242 Å². The average molecular weight is 597 g/mol. The first-order chi connectivity index (χ1) is 19.1. The molecule has 12 heteroatoms. The summed E-state index contributed by atoms with van der Waals surface area (Å²) in [5.74, 6) is -0.462. The van der Waals surface area contributed by atoms with Gasteiger partial charge < -0.3 is 20.3 Å². The van der Waals surface area contributed by atoms with Crippen molar-refractivity contribution in [3.63, 3.8) is 0 Å². The van der Waals surface area contributed by atoms with Gasteiger partial charge in [0, 0.05) is 43.1 Å². The van der Waals surface area contributed by atoms with Crippen molar-refractivity contribution in [1.82, 2.24) is 10.2 Å². The molecule has 2 N–H and O–H groups in total. The molecule has 218 valence electrons. The van der Waals surface area contributed by atoms with Crippen LogP contribution in [0.1, 0.15) is 54.8 Å². The van der Waals surface area contributed by atoms with E-state index in [-0.39, 0.29) is 48.7 Å². The Morgan fingerprint density at radius 2 is 2.00 bits per heavy atom. The van der Waals surface area contributed by atoms with E-state index in [0.29, 0.717) is 40.5 Å². The van der Waals surface area contributed by atoms with Gasteiger partial charge in [0.2, 0.25) is 5.91 Å². The van der Waals surface area contributed by atoms with Crippen LogP contribution in [0.2, 0.25) is 4.34 Å². The highest BCUT2D eigenvalue weighted by atomic mass is 35.5. The first-order valence-electron chi connectivity index (χ1n) is 13.5. The number of carbonyl (C=O) groups excluding carboxylic acids is 3. The molecular formula is C28H35ClF2N4O4S. The van der Waals surface area contributed by atoms with Crippen LogP contribution in [-0.4, -0.2) is 68.1 Å². The zero-order chi connectivity index (χ0) is 28.8. The number of morpholine rings is 1. The van der Waals surface area contributed by atoms with E-state index in [1.54, 1.807) is 18.2 Å². The summed E-state index contributed by atoms with van der Waals surface area (Å²) < 4.78 is 33.9. The minimum atomic E-state index is -2.88. The van der Waals surface area contributed by atoms with Gasteiger partial charge in [-0.25, -0.2) is 8.78 Å². The van der Waals surface area contributed by atoms with Crippen LogP contribution in [0.4, 0.5) is 20.2 Å². The zero-order valence-corrected chi connectivity index (χ0v) is 24.2. The molecule has 2 aromatic rings. The van der Waals surface area contributed by atoms with Gasteiger partial charge in [0.25, 0.3) is 18.2 Å². The molecule has 1 saturated heterocycles. The van der Waals surface area contributed by atoms with Crippen molar-refractivity contribution in [2.24, 2.45) is 11.8 Å². The first-order valence-corrected chi connectivity index (χ1v) is 14.7. The zero-order valence-electron chi connectivity index (χ0n) is 22.6. The highest BCUT2D eigenvalue weighted by Gasteiger charge is 2.32. The SMILES string of the molecule is CC(C)CN(CC1CCC1)[C@@H](CNC(=O)c1ccc(Cl)s1)C(=O)Nc1ccc(N2CCOCC2=O)cc1C(F)F. The second kappa shape index (κ2) is 13.8. The molecule has 1 saturated carbocycles. The van der Waals surface area contributed by atoms with E-state index in [0.717, 1.165) is 30.6 Å². The van der Waals surface area contributed by atoms with Crippen LogP contribution in [0.3, 0.4) is 0 Å². The maximum atomic E-state index is 14.2. The number of nitrogens with one attached hydrogen (secondary N) is 2. The Balaban J connectivity index is 1.57. The molecule has 1 aliphatic carbocycles. The van der Waals surface area contributed by atoms with Gasteiger partial charge in [-0.3, -0.25) is 19.3 Å². The van der Waals surface area contributed by atoms with Crippen LogP contribution in [0.15, 0.2) is 30.3 Å². The van der Waals surface area contributed by atoms with Crippen molar-refractivity contribution in [3.05, 3.63) is 45.1 Å². The second-order valence-electron chi connectivity index (χ2n) is 10.6. The van der Waals surface area contributed by atoms with Gasteiger partial charge in [-0.2, -0.15) is 0 Å². The summed E-state index contributed by atoms with van der Waals surface area (Å²) in [5.41, 5.74) is -0.0824. The molecule has 2 aliphatic rings. The van der Waals surface area contributed by atoms with Crippen molar-refractivity contribution in [3.8, 4) is 0 Å². The number of benzene rings is 1. The number of ether oxygens (including phenoxy) is 1. The summed E-state index contributed by atoms with van der Waals surface area (Å²) in [4.78, 5) is 42.6. The molecule has 8 nitrogen and oxygen atoms in total. The van der Waals surface area contributed by atoms with E-state index in [2.05, 4.69) is 24.5 Å². The number of thiophene rings is 1. The van der Waals surface area contributed by atoms with Gasteiger partial charge in [0.05, 0.1) is 15.8 Å². The molecule has 1 aliphatic heterocycles. The van der Waals surface area contributed by atoms with E-state index in [1.165, 1.54) is 17.0 Å². The number of rotatable bonds is 12. The monoisotopic (exact) mass is 596 g/mol. The topological polar surface area (TPSA) is 91.0 Å². The Kier molecular flexibility index (Phi) is 10.5. The molecule has 0 spiro atoms. The fourth-order valence-electron chi connectivity index (χ4n) is 4.92. The number of hydrogen-bond acceptors (Lipinski definition) is 6. The molecule has 0 unspecified atom stereocenters. The van der Waals surface area contributed by atoms with Gasteiger partial charge in [0.15, 0.2) is 0 Å². The van der Waals surface area contributed by atoms with E-state index < -0.39 is 18.4 Å². The normalized spacial score (nSPS) is 16.9. The maximum absolute atomic E-state index is 14.2. The lowest BCUT2D eigenvalue weighted by Gasteiger charge is -2.37. The molecule has 2 fully saturated rings. The lowest BCUT2D eigenvalue weighted by atomic mass is 9.84. The van der Waals surface area contributed by atoms with Crippen molar-refractivity contribution in [1.29, 1.82) is 0 Å². The van der Waals surface area contributed by atoms with Gasteiger partial charge in [0.1, 0.15) is 12.6 Å². The Morgan fingerprint density at radius 1 is 1.23 bits per heavy atom. The summed E-state index contributed by atoms with van der Waals surface area (Å²) in [6, 6.07) is 6.65. The van der Waals surface area contributed by atoms with Crippen molar-refractivity contribution in [2.45, 2.75) is 45.6 Å². The third-order valence-electron chi connectivity index (χ3n) is 7.14. The minimum absolute atomic E-state index is 0.00397. The predicted octanol–water partition coefficient (Wildman–Crippen LogP) is 5.20. The van der Waals surface area contributed by atoms with Gasteiger partial charge in [-0.15, -0.1) is 11.3 Å². The van der Waals surface area contributed by atoms with E-state index in [9.17, 15) is 23.2 Å². The number of anilines is 2. The molecule has 1 aromatic carbocycles. The van der Waals surface area contributed by atoms with Crippen LogP contribution in [0.5, 0.6) is 0 Å². The van der Waals surface area contributed by atoms with Crippen molar-refractivity contribution in [2.75, 3.05) is 49.6 Å². The smallest absolute Gasteiger partial charge is 0.265 e. The molecular weight excluding hydrogens is 562 g/mol. The van der Waals surface area contributed by atoms with E-state index in [1.807, 2.05) is 4.90 Å². The Hall–Kier alpha value is -2.60. The van der Waals surface area contributed by atoms with Gasteiger partial charge in [-0.1, -0.05) is 31.9 Å². The number of amides is 3. The molecule has 0 radical (unpaired) electrons. The number of nitrogens with zero attached hydrogens (tertiary/aromatic N) is 2. The fourth-order valence-corrected chi connectivity index (χ4v) is 5.88. The largest absolute Gasteiger partial charge is 0.370 e. The van der Waals surface area contributed by atoms with Crippen LogP contribution in [0.25, 0.3) is 0 Å². The lowest BCUT2D eigenvalue weighted by molar-refractivity contribution is -0.125. The third-order valence-corrected chi connectivity index (χ3v) is 8.37. The third kappa shape index (κ3) is 7.78. The first kappa shape index (κ1) is 30.4.